The van der Waals surface area contributed by atoms with Crippen molar-refractivity contribution in [2.24, 2.45) is 0 Å². The lowest BCUT2D eigenvalue weighted by Crippen LogP contribution is -1.80. The van der Waals surface area contributed by atoms with Gasteiger partial charge < -0.3 is 0 Å². The zero-order valence-corrected chi connectivity index (χ0v) is 12.6. The molecule has 0 fully saturated rings. The number of fused-ring (bicyclic) bond motifs is 3. The fourth-order valence-electron chi connectivity index (χ4n) is 2.81. The maximum absolute atomic E-state index is 2.30. The monoisotopic (exact) mass is 272 g/mol. The van der Waals surface area contributed by atoms with E-state index in [9.17, 15) is 0 Å². The minimum absolute atomic E-state index is 1.10. The molecular formula is C21H20. The Kier molecular flexibility index (Phi) is 3.87. The first-order chi connectivity index (χ1) is 10.2. The topological polar surface area (TPSA) is 0 Å². The largest absolute Gasteiger partial charge is 0.0622 e. The van der Waals surface area contributed by atoms with Crippen molar-refractivity contribution in [3.05, 3.63) is 95.1 Å². The standard InChI is InChI=1S/C14H12.C7H8/c1-10-6-7-14-12(8-10)9-11-4-2-3-5-13(11)14;1-7-5-3-2-4-6-7/h2-8H,9H2,1H3;2-6H,1H3. The van der Waals surface area contributed by atoms with Crippen molar-refractivity contribution in [3.63, 3.8) is 0 Å². The summed E-state index contributed by atoms with van der Waals surface area (Å²) >= 11 is 0. The summed E-state index contributed by atoms with van der Waals surface area (Å²) in [5.41, 5.74) is 8.46. The summed E-state index contributed by atoms with van der Waals surface area (Å²) in [7, 11) is 0. The van der Waals surface area contributed by atoms with Gasteiger partial charge in [-0.15, -0.1) is 0 Å². The number of hydrogen-bond acceptors (Lipinski definition) is 0. The van der Waals surface area contributed by atoms with Gasteiger partial charge in [0.05, 0.1) is 0 Å². The average molecular weight is 272 g/mol. The lowest BCUT2D eigenvalue weighted by atomic mass is 10.0. The molecule has 1 aliphatic rings. The Morgan fingerprint density at radius 3 is 1.95 bits per heavy atom. The molecule has 0 bridgehead atoms. The predicted molar refractivity (Wildman–Crippen MR) is 90.6 cm³/mol. The predicted octanol–water partition coefficient (Wildman–Crippen LogP) is 5.56. The van der Waals surface area contributed by atoms with Gasteiger partial charge in [0.15, 0.2) is 0 Å². The second-order valence-corrected chi connectivity index (χ2v) is 5.65. The van der Waals surface area contributed by atoms with Crippen LogP contribution in [0.15, 0.2) is 72.8 Å². The first-order valence-electron chi connectivity index (χ1n) is 7.43. The lowest BCUT2D eigenvalue weighted by molar-refractivity contribution is 1.25. The number of aryl methyl sites for hydroxylation is 2. The SMILES string of the molecule is Cc1ccc2c(c1)Cc1ccccc1-2.Cc1ccccc1. The molecule has 0 saturated heterocycles. The molecule has 0 unspecified atom stereocenters. The molecule has 0 aliphatic heterocycles. The Morgan fingerprint density at radius 2 is 1.24 bits per heavy atom. The molecule has 21 heavy (non-hydrogen) atoms. The van der Waals surface area contributed by atoms with E-state index in [4.69, 9.17) is 0 Å². The van der Waals surface area contributed by atoms with E-state index in [2.05, 4.69) is 68.4 Å². The van der Waals surface area contributed by atoms with Crippen molar-refractivity contribution in [2.45, 2.75) is 20.3 Å². The van der Waals surface area contributed by atoms with Crippen LogP contribution < -0.4 is 0 Å². The van der Waals surface area contributed by atoms with E-state index in [1.807, 2.05) is 18.2 Å². The molecule has 0 radical (unpaired) electrons. The number of rotatable bonds is 0. The molecule has 0 saturated carbocycles. The van der Waals surface area contributed by atoms with Gasteiger partial charge in [0.1, 0.15) is 0 Å². The van der Waals surface area contributed by atoms with Crippen molar-refractivity contribution in [2.75, 3.05) is 0 Å². The second kappa shape index (κ2) is 5.97. The fraction of sp³-hybridized carbons (Fsp3) is 0.143. The van der Waals surface area contributed by atoms with Crippen LogP contribution in [-0.4, -0.2) is 0 Å². The van der Waals surface area contributed by atoms with Gasteiger partial charge in [0.2, 0.25) is 0 Å². The maximum atomic E-state index is 2.30. The average Bonchev–Trinajstić information content (AvgIpc) is 2.86. The highest BCUT2D eigenvalue weighted by molar-refractivity contribution is 5.76. The van der Waals surface area contributed by atoms with Gasteiger partial charge in [0.25, 0.3) is 0 Å². The van der Waals surface area contributed by atoms with Crippen molar-refractivity contribution in [3.8, 4) is 11.1 Å². The van der Waals surface area contributed by atoms with Crippen LogP contribution in [-0.2, 0) is 6.42 Å². The molecule has 104 valence electrons. The summed E-state index contributed by atoms with van der Waals surface area (Å²) in [4.78, 5) is 0. The van der Waals surface area contributed by atoms with Crippen molar-refractivity contribution in [1.29, 1.82) is 0 Å². The van der Waals surface area contributed by atoms with Gasteiger partial charge in [-0.1, -0.05) is 83.9 Å². The fourth-order valence-corrected chi connectivity index (χ4v) is 2.81. The Morgan fingerprint density at radius 1 is 0.571 bits per heavy atom. The van der Waals surface area contributed by atoms with Crippen LogP contribution in [0.3, 0.4) is 0 Å². The van der Waals surface area contributed by atoms with Gasteiger partial charge >= 0.3 is 0 Å². The van der Waals surface area contributed by atoms with Gasteiger partial charge in [-0.2, -0.15) is 0 Å². The van der Waals surface area contributed by atoms with Crippen molar-refractivity contribution >= 4 is 0 Å². The Bertz CT molecular complexity index is 739. The molecule has 0 atom stereocenters. The van der Waals surface area contributed by atoms with Crippen LogP contribution >= 0.6 is 0 Å². The Labute approximate surface area is 127 Å². The normalized spacial score (nSPS) is 11.1. The third kappa shape index (κ3) is 3.05. The summed E-state index contributed by atoms with van der Waals surface area (Å²) < 4.78 is 0. The second-order valence-electron chi connectivity index (χ2n) is 5.65. The minimum Gasteiger partial charge on any atom is -0.0622 e. The molecule has 3 aromatic carbocycles. The number of hydrogen-bond donors (Lipinski definition) is 0. The molecule has 4 rings (SSSR count). The molecule has 1 aliphatic carbocycles. The van der Waals surface area contributed by atoms with Gasteiger partial charge in [-0.25, -0.2) is 0 Å². The summed E-state index contributed by atoms with van der Waals surface area (Å²) in [6, 6.07) is 25.7. The van der Waals surface area contributed by atoms with Gasteiger partial charge in [0, 0.05) is 0 Å². The van der Waals surface area contributed by atoms with Crippen molar-refractivity contribution in [1.82, 2.24) is 0 Å². The maximum Gasteiger partial charge on any atom is -0.00134 e. The molecule has 0 N–H and O–H groups in total. The van der Waals surface area contributed by atoms with Gasteiger partial charge in [-0.05, 0) is 42.5 Å². The minimum atomic E-state index is 1.10. The summed E-state index contributed by atoms with van der Waals surface area (Å²) in [5, 5.41) is 0. The van der Waals surface area contributed by atoms with Crippen molar-refractivity contribution < 1.29 is 0 Å². The molecule has 0 heteroatoms. The van der Waals surface area contributed by atoms with Gasteiger partial charge in [-0.3, -0.25) is 0 Å². The van der Waals surface area contributed by atoms with Crippen LogP contribution in [0, 0.1) is 13.8 Å². The third-order valence-corrected chi connectivity index (χ3v) is 3.89. The zero-order valence-electron chi connectivity index (χ0n) is 12.6. The Hall–Kier alpha value is -2.34. The van der Waals surface area contributed by atoms with E-state index >= 15 is 0 Å². The van der Waals surface area contributed by atoms with E-state index in [0.717, 1.165) is 6.42 Å². The van der Waals surface area contributed by atoms with Crippen LogP contribution in [0.1, 0.15) is 22.3 Å². The highest BCUT2D eigenvalue weighted by Gasteiger charge is 2.16. The summed E-state index contributed by atoms with van der Waals surface area (Å²) in [6.07, 6.45) is 1.10. The van der Waals surface area contributed by atoms with Crippen LogP contribution in [0.4, 0.5) is 0 Å². The van der Waals surface area contributed by atoms with Crippen LogP contribution in [0.5, 0.6) is 0 Å². The number of benzene rings is 3. The molecule has 0 amide bonds. The molecule has 0 heterocycles. The highest BCUT2D eigenvalue weighted by atomic mass is 14.2. The van der Waals surface area contributed by atoms with E-state index in [1.54, 1.807) is 0 Å². The molecular weight excluding hydrogens is 252 g/mol. The first-order valence-corrected chi connectivity index (χ1v) is 7.43. The molecule has 0 spiro atoms. The Balaban J connectivity index is 0.000000160. The highest BCUT2D eigenvalue weighted by Crippen LogP contribution is 2.36. The summed E-state index contributed by atoms with van der Waals surface area (Å²) in [6.45, 7) is 4.24. The van der Waals surface area contributed by atoms with Crippen LogP contribution in [0.2, 0.25) is 0 Å². The van der Waals surface area contributed by atoms with E-state index in [-0.39, 0.29) is 0 Å². The molecule has 0 aromatic heterocycles. The van der Waals surface area contributed by atoms with E-state index in [1.165, 1.54) is 33.4 Å². The van der Waals surface area contributed by atoms with Crippen LogP contribution in [0.25, 0.3) is 11.1 Å². The third-order valence-electron chi connectivity index (χ3n) is 3.89. The quantitative estimate of drug-likeness (QED) is 0.393. The lowest BCUT2D eigenvalue weighted by Gasteiger charge is -2.00. The van der Waals surface area contributed by atoms with E-state index < -0.39 is 0 Å². The smallest absolute Gasteiger partial charge is 0.00134 e. The summed E-state index contributed by atoms with van der Waals surface area (Å²) in [5.74, 6) is 0. The molecule has 0 nitrogen and oxygen atoms in total. The molecule has 3 aromatic rings. The first kappa shape index (κ1) is 13.6. The zero-order chi connectivity index (χ0) is 14.7. The van der Waals surface area contributed by atoms with E-state index in [0.29, 0.717) is 0 Å².